The highest BCUT2D eigenvalue weighted by molar-refractivity contribution is 5.33. The van der Waals surface area contributed by atoms with Crippen LogP contribution in [0.3, 0.4) is 0 Å². The minimum atomic E-state index is -4.76. The molecule has 2 aromatic carbocycles. The fourth-order valence-electron chi connectivity index (χ4n) is 1.74. The zero-order chi connectivity index (χ0) is 14.8. The molecule has 0 unspecified atom stereocenters. The summed E-state index contributed by atoms with van der Waals surface area (Å²) in [6.45, 7) is 0. The molecular formula is C14H9F5O. The monoisotopic (exact) mass is 288 g/mol. The maximum atomic E-state index is 13.0. The van der Waals surface area contributed by atoms with Gasteiger partial charge in [-0.25, -0.2) is 8.78 Å². The van der Waals surface area contributed by atoms with Crippen LogP contribution in [0.2, 0.25) is 0 Å². The van der Waals surface area contributed by atoms with E-state index in [0.29, 0.717) is 11.1 Å². The van der Waals surface area contributed by atoms with E-state index in [9.17, 15) is 22.0 Å². The molecule has 0 atom stereocenters. The summed E-state index contributed by atoms with van der Waals surface area (Å²) in [5, 5.41) is 0. The molecule has 0 saturated heterocycles. The van der Waals surface area contributed by atoms with Gasteiger partial charge in [0, 0.05) is 0 Å². The smallest absolute Gasteiger partial charge is 0.406 e. The Morgan fingerprint density at radius 3 is 2.20 bits per heavy atom. The number of benzene rings is 2. The Labute approximate surface area is 111 Å². The standard InChI is InChI=1S/C14H9F5O/c15-12-5-4-10(8-13(12)16)6-9-2-1-3-11(7-9)20-14(17,18)19/h1-5,7-8H,6H2. The largest absolute Gasteiger partial charge is 0.573 e. The molecule has 0 bridgehead atoms. The van der Waals surface area contributed by atoms with E-state index in [1.165, 1.54) is 24.3 Å². The van der Waals surface area contributed by atoms with Gasteiger partial charge in [-0.2, -0.15) is 0 Å². The second kappa shape index (κ2) is 5.48. The molecule has 0 spiro atoms. The SMILES string of the molecule is Fc1ccc(Cc2cccc(OC(F)(F)F)c2)cc1F. The van der Waals surface area contributed by atoms with E-state index in [4.69, 9.17) is 0 Å². The Morgan fingerprint density at radius 1 is 0.850 bits per heavy atom. The summed E-state index contributed by atoms with van der Waals surface area (Å²) in [6, 6.07) is 8.70. The summed E-state index contributed by atoms with van der Waals surface area (Å²) in [7, 11) is 0. The Hall–Kier alpha value is -2.11. The van der Waals surface area contributed by atoms with Crippen molar-refractivity contribution in [3.8, 4) is 5.75 Å². The number of hydrogen-bond donors (Lipinski definition) is 0. The molecule has 0 aliphatic rings. The van der Waals surface area contributed by atoms with Crippen LogP contribution in [0.5, 0.6) is 5.75 Å². The number of rotatable bonds is 3. The fraction of sp³-hybridized carbons (Fsp3) is 0.143. The van der Waals surface area contributed by atoms with E-state index in [1.54, 1.807) is 6.07 Å². The molecule has 0 saturated carbocycles. The lowest BCUT2D eigenvalue weighted by atomic mass is 10.0. The van der Waals surface area contributed by atoms with Gasteiger partial charge >= 0.3 is 6.36 Å². The minimum absolute atomic E-state index is 0.173. The summed E-state index contributed by atoms with van der Waals surface area (Å²) < 4.78 is 65.8. The fourth-order valence-corrected chi connectivity index (χ4v) is 1.74. The van der Waals surface area contributed by atoms with E-state index in [-0.39, 0.29) is 12.2 Å². The van der Waals surface area contributed by atoms with Crippen LogP contribution in [-0.2, 0) is 6.42 Å². The molecule has 106 valence electrons. The van der Waals surface area contributed by atoms with Gasteiger partial charge in [-0.15, -0.1) is 13.2 Å². The van der Waals surface area contributed by atoms with Crippen LogP contribution in [0.25, 0.3) is 0 Å². The highest BCUT2D eigenvalue weighted by Crippen LogP contribution is 2.24. The second-order valence-electron chi connectivity index (χ2n) is 4.12. The first-order chi connectivity index (χ1) is 9.33. The Bertz CT molecular complexity index is 607. The average molecular weight is 288 g/mol. The molecule has 6 heteroatoms. The zero-order valence-corrected chi connectivity index (χ0v) is 10.0. The van der Waals surface area contributed by atoms with Crippen molar-refractivity contribution in [2.75, 3.05) is 0 Å². The predicted octanol–water partition coefficient (Wildman–Crippen LogP) is 4.45. The molecule has 0 aliphatic heterocycles. The molecular weight excluding hydrogens is 279 g/mol. The van der Waals surface area contributed by atoms with Crippen LogP contribution >= 0.6 is 0 Å². The first-order valence-corrected chi connectivity index (χ1v) is 5.62. The van der Waals surface area contributed by atoms with E-state index in [1.807, 2.05) is 0 Å². The normalized spacial score (nSPS) is 11.4. The van der Waals surface area contributed by atoms with Crippen molar-refractivity contribution in [3.05, 3.63) is 65.2 Å². The minimum Gasteiger partial charge on any atom is -0.406 e. The van der Waals surface area contributed by atoms with Gasteiger partial charge in [0.1, 0.15) is 5.75 Å². The van der Waals surface area contributed by atoms with E-state index < -0.39 is 18.0 Å². The van der Waals surface area contributed by atoms with Crippen molar-refractivity contribution in [1.29, 1.82) is 0 Å². The summed E-state index contributed by atoms with van der Waals surface area (Å²) in [4.78, 5) is 0. The van der Waals surface area contributed by atoms with Crippen molar-refractivity contribution < 1.29 is 26.7 Å². The lowest BCUT2D eigenvalue weighted by Gasteiger charge is -2.10. The van der Waals surface area contributed by atoms with Gasteiger partial charge in [0.15, 0.2) is 11.6 Å². The first-order valence-electron chi connectivity index (χ1n) is 5.62. The van der Waals surface area contributed by atoms with Crippen molar-refractivity contribution in [3.63, 3.8) is 0 Å². The van der Waals surface area contributed by atoms with Gasteiger partial charge in [0.05, 0.1) is 0 Å². The van der Waals surface area contributed by atoms with Crippen LogP contribution in [0.1, 0.15) is 11.1 Å². The summed E-state index contributed by atoms with van der Waals surface area (Å²) in [5.74, 6) is -2.31. The van der Waals surface area contributed by atoms with Crippen LogP contribution in [-0.4, -0.2) is 6.36 Å². The molecule has 0 fully saturated rings. The lowest BCUT2D eigenvalue weighted by Crippen LogP contribution is -2.17. The van der Waals surface area contributed by atoms with Crippen molar-refractivity contribution in [1.82, 2.24) is 0 Å². The molecule has 0 amide bonds. The first kappa shape index (κ1) is 14.3. The molecule has 0 heterocycles. The number of alkyl halides is 3. The van der Waals surface area contributed by atoms with Crippen LogP contribution in [0.15, 0.2) is 42.5 Å². The topological polar surface area (TPSA) is 9.23 Å². The zero-order valence-electron chi connectivity index (χ0n) is 10.0. The Kier molecular flexibility index (Phi) is 3.92. The molecule has 1 nitrogen and oxygen atoms in total. The average Bonchev–Trinajstić information content (AvgIpc) is 2.32. The highest BCUT2D eigenvalue weighted by atomic mass is 19.4. The van der Waals surface area contributed by atoms with Gasteiger partial charge in [-0.3, -0.25) is 0 Å². The number of ether oxygens (including phenoxy) is 1. The third-order valence-corrected chi connectivity index (χ3v) is 2.52. The van der Waals surface area contributed by atoms with Crippen LogP contribution < -0.4 is 4.74 Å². The lowest BCUT2D eigenvalue weighted by molar-refractivity contribution is -0.274. The molecule has 0 aromatic heterocycles. The van der Waals surface area contributed by atoms with Crippen LogP contribution in [0, 0.1) is 11.6 Å². The van der Waals surface area contributed by atoms with Gasteiger partial charge in [-0.1, -0.05) is 18.2 Å². The summed E-state index contributed by atoms with van der Waals surface area (Å²) >= 11 is 0. The number of halogens is 5. The van der Waals surface area contributed by atoms with Crippen molar-refractivity contribution in [2.24, 2.45) is 0 Å². The molecule has 0 radical (unpaired) electrons. The molecule has 0 aliphatic carbocycles. The van der Waals surface area contributed by atoms with Gasteiger partial charge in [-0.05, 0) is 41.8 Å². The molecule has 0 N–H and O–H groups in total. The number of hydrogen-bond acceptors (Lipinski definition) is 1. The maximum absolute atomic E-state index is 13.0. The van der Waals surface area contributed by atoms with Gasteiger partial charge in [0.25, 0.3) is 0 Å². The molecule has 20 heavy (non-hydrogen) atoms. The Balaban J connectivity index is 2.17. The van der Waals surface area contributed by atoms with Gasteiger partial charge in [0.2, 0.25) is 0 Å². The second-order valence-corrected chi connectivity index (χ2v) is 4.12. The third kappa shape index (κ3) is 3.94. The van der Waals surface area contributed by atoms with Crippen LogP contribution in [0.4, 0.5) is 22.0 Å². The predicted molar refractivity (Wildman–Crippen MR) is 62.3 cm³/mol. The summed E-state index contributed by atoms with van der Waals surface area (Å²) in [6.07, 6.45) is -4.59. The van der Waals surface area contributed by atoms with Crippen molar-refractivity contribution >= 4 is 0 Å². The quantitative estimate of drug-likeness (QED) is 0.758. The Morgan fingerprint density at radius 2 is 1.55 bits per heavy atom. The third-order valence-electron chi connectivity index (χ3n) is 2.52. The van der Waals surface area contributed by atoms with Gasteiger partial charge < -0.3 is 4.74 Å². The van der Waals surface area contributed by atoms with Crippen molar-refractivity contribution in [2.45, 2.75) is 12.8 Å². The van der Waals surface area contributed by atoms with E-state index in [2.05, 4.69) is 4.74 Å². The van der Waals surface area contributed by atoms with E-state index in [0.717, 1.165) is 12.1 Å². The molecule has 2 aromatic rings. The molecule has 2 rings (SSSR count). The van der Waals surface area contributed by atoms with E-state index >= 15 is 0 Å². The summed E-state index contributed by atoms with van der Waals surface area (Å²) in [5.41, 5.74) is 0.950. The maximum Gasteiger partial charge on any atom is 0.573 e. The highest BCUT2D eigenvalue weighted by Gasteiger charge is 2.31.